The molecule has 116 valence electrons. The molecule has 1 aromatic rings. The molecule has 2 rings (SSSR count). The van der Waals surface area contributed by atoms with E-state index >= 15 is 0 Å². The molecule has 1 aliphatic rings. The minimum Gasteiger partial charge on any atom is -0.459 e. The van der Waals surface area contributed by atoms with Gasteiger partial charge in [0, 0.05) is 32.6 Å². The molecule has 0 radical (unpaired) electrons. The largest absolute Gasteiger partial charge is 0.459 e. The Hall–Kier alpha value is -1.70. The van der Waals surface area contributed by atoms with E-state index in [1.54, 1.807) is 18.0 Å². The van der Waals surface area contributed by atoms with Crippen molar-refractivity contribution in [1.82, 2.24) is 10.2 Å². The maximum atomic E-state index is 11.8. The Morgan fingerprint density at radius 3 is 2.76 bits per heavy atom. The fourth-order valence-electron chi connectivity index (χ4n) is 2.35. The van der Waals surface area contributed by atoms with Gasteiger partial charge in [0.1, 0.15) is 0 Å². The van der Waals surface area contributed by atoms with Crippen LogP contribution in [0.5, 0.6) is 0 Å². The van der Waals surface area contributed by atoms with E-state index in [2.05, 4.69) is 5.32 Å². The van der Waals surface area contributed by atoms with Gasteiger partial charge in [-0.25, -0.2) is 0 Å². The summed E-state index contributed by atoms with van der Waals surface area (Å²) in [4.78, 5) is 25.1. The summed E-state index contributed by atoms with van der Waals surface area (Å²) in [6.07, 6.45) is 2.46. The molecule has 1 saturated heterocycles. The van der Waals surface area contributed by atoms with Crippen LogP contribution < -0.4 is 5.32 Å². The highest BCUT2D eigenvalue weighted by atomic mass is 16.5. The van der Waals surface area contributed by atoms with Crippen molar-refractivity contribution in [3.63, 3.8) is 0 Å². The summed E-state index contributed by atoms with van der Waals surface area (Å²) in [6, 6.07) is 3.06. The van der Waals surface area contributed by atoms with Gasteiger partial charge >= 0.3 is 0 Å². The lowest BCUT2D eigenvalue weighted by molar-refractivity contribution is -0.122. The van der Waals surface area contributed by atoms with Gasteiger partial charge in [0.25, 0.3) is 5.91 Å². The molecule has 0 aliphatic carbocycles. The van der Waals surface area contributed by atoms with Crippen LogP contribution in [0.1, 0.15) is 23.4 Å². The summed E-state index contributed by atoms with van der Waals surface area (Å²) in [5, 5.41) is 12.6. The van der Waals surface area contributed by atoms with Gasteiger partial charge in [-0.3, -0.25) is 19.8 Å². The van der Waals surface area contributed by atoms with E-state index in [9.17, 15) is 14.7 Å². The zero-order valence-electron chi connectivity index (χ0n) is 12.0. The Morgan fingerprint density at radius 1 is 1.43 bits per heavy atom. The fourth-order valence-corrected chi connectivity index (χ4v) is 2.35. The monoisotopic (exact) mass is 296 g/mol. The molecule has 1 aromatic heterocycles. The standard InChI is InChI=1S/C14H20N2O5/c1-16(10-14(19)4-7-20-8-5-14)9-12(17)15-13(18)11-3-2-6-21-11/h2-3,6,19H,4-5,7-10H2,1H3,(H,15,17,18). The third kappa shape index (κ3) is 4.66. The number of carbonyl (C=O) groups is 2. The lowest BCUT2D eigenvalue weighted by Crippen LogP contribution is -2.48. The first-order valence-corrected chi connectivity index (χ1v) is 6.85. The molecule has 0 atom stereocenters. The molecule has 7 nitrogen and oxygen atoms in total. The predicted molar refractivity (Wildman–Crippen MR) is 73.7 cm³/mol. The maximum absolute atomic E-state index is 11.8. The Morgan fingerprint density at radius 2 is 2.14 bits per heavy atom. The summed E-state index contributed by atoms with van der Waals surface area (Å²) in [7, 11) is 1.73. The predicted octanol–water partition coefficient (Wildman–Crippen LogP) is 0.00930. The van der Waals surface area contributed by atoms with Crippen molar-refractivity contribution < 1.29 is 23.8 Å². The molecular formula is C14H20N2O5. The number of aliphatic hydroxyl groups is 1. The highest BCUT2D eigenvalue weighted by molar-refractivity contribution is 6.03. The molecule has 2 amide bonds. The number of amides is 2. The molecule has 1 aliphatic heterocycles. The highest BCUT2D eigenvalue weighted by Gasteiger charge is 2.31. The minimum atomic E-state index is -0.835. The van der Waals surface area contributed by atoms with Gasteiger partial charge in [-0.15, -0.1) is 0 Å². The van der Waals surface area contributed by atoms with Crippen molar-refractivity contribution in [2.24, 2.45) is 0 Å². The van der Waals surface area contributed by atoms with E-state index in [1.807, 2.05) is 0 Å². The van der Waals surface area contributed by atoms with Crippen LogP contribution >= 0.6 is 0 Å². The Labute approximate surface area is 122 Å². The molecule has 2 heterocycles. The van der Waals surface area contributed by atoms with Crippen LogP contribution in [-0.4, -0.2) is 60.8 Å². The number of imide groups is 1. The van der Waals surface area contributed by atoms with Crippen LogP contribution in [0.25, 0.3) is 0 Å². The third-order valence-corrected chi connectivity index (χ3v) is 3.40. The Kier molecular flexibility index (Phi) is 5.11. The molecule has 0 aromatic carbocycles. The average Bonchev–Trinajstić information content (AvgIpc) is 2.92. The van der Waals surface area contributed by atoms with Gasteiger partial charge in [-0.2, -0.15) is 0 Å². The minimum absolute atomic E-state index is 0.0234. The van der Waals surface area contributed by atoms with Crippen LogP contribution in [0.4, 0.5) is 0 Å². The van der Waals surface area contributed by atoms with E-state index in [0.717, 1.165) is 0 Å². The number of furan rings is 1. The second-order valence-corrected chi connectivity index (χ2v) is 5.36. The van der Waals surface area contributed by atoms with Crippen molar-refractivity contribution in [2.45, 2.75) is 18.4 Å². The van der Waals surface area contributed by atoms with E-state index in [1.165, 1.54) is 12.3 Å². The first-order chi connectivity index (χ1) is 9.98. The van der Waals surface area contributed by atoms with E-state index in [4.69, 9.17) is 9.15 Å². The van der Waals surface area contributed by atoms with Crippen molar-refractivity contribution in [2.75, 3.05) is 33.4 Å². The van der Waals surface area contributed by atoms with Gasteiger partial charge < -0.3 is 14.3 Å². The first-order valence-electron chi connectivity index (χ1n) is 6.85. The van der Waals surface area contributed by atoms with E-state index in [0.29, 0.717) is 32.6 Å². The first kappa shape index (κ1) is 15.7. The van der Waals surface area contributed by atoms with E-state index < -0.39 is 17.4 Å². The Bertz CT molecular complexity index is 480. The normalized spacial score (nSPS) is 17.7. The highest BCUT2D eigenvalue weighted by Crippen LogP contribution is 2.21. The summed E-state index contributed by atoms with van der Waals surface area (Å²) >= 11 is 0. The topological polar surface area (TPSA) is 92.0 Å². The Balaban J connectivity index is 1.78. The molecule has 21 heavy (non-hydrogen) atoms. The average molecular weight is 296 g/mol. The zero-order chi connectivity index (χ0) is 15.3. The molecule has 0 bridgehead atoms. The smallest absolute Gasteiger partial charge is 0.293 e. The van der Waals surface area contributed by atoms with Crippen LogP contribution in [-0.2, 0) is 9.53 Å². The number of rotatable bonds is 5. The lowest BCUT2D eigenvalue weighted by Gasteiger charge is -2.35. The summed E-state index contributed by atoms with van der Waals surface area (Å²) in [5.41, 5.74) is -0.835. The zero-order valence-corrected chi connectivity index (χ0v) is 12.0. The molecular weight excluding hydrogens is 276 g/mol. The summed E-state index contributed by atoms with van der Waals surface area (Å²) < 4.78 is 10.1. The van der Waals surface area contributed by atoms with Gasteiger partial charge in [-0.1, -0.05) is 0 Å². The number of likely N-dealkylation sites (N-methyl/N-ethyl adjacent to an activating group) is 1. The summed E-state index contributed by atoms with van der Waals surface area (Å²) in [6.45, 7) is 1.43. The summed E-state index contributed by atoms with van der Waals surface area (Å²) in [5.74, 6) is -0.910. The molecule has 1 fully saturated rings. The SMILES string of the molecule is CN(CC(=O)NC(=O)c1ccco1)CC1(O)CCOCC1. The molecule has 0 spiro atoms. The van der Waals surface area contributed by atoms with Crippen LogP contribution in [0.2, 0.25) is 0 Å². The van der Waals surface area contributed by atoms with Crippen LogP contribution in [0.3, 0.4) is 0 Å². The number of hydrogen-bond donors (Lipinski definition) is 2. The number of carbonyl (C=O) groups excluding carboxylic acids is 2. The van der Waals surface area contributed by atoms with Crippen LogP contribution in [0, 0.1) is 0 Å². The van der Waals surface area contributed by atoms with Gasteiger partial charge in [0.2, 0.25) is 5.91 Å². The third-order valence-electron chi connectivity index (χ3n) is 3.40. The van der Waals surface area contributed by atoms with Crippen molar-refractivity contribution in [1.29, 1.82) is 0 Å². The van der Waals surface area contributed by atoms with Gasteiger partial charge in [0.05, 0.1) is 18.4 Å². The van der Waals surface area contributed by atoms with Gasteiger partial charge in [-0.05, 0) is 19.2 Å². The number of hydrogen-bond acceptors (Lipinski definition) is 6. The van der Waals surface area contributed by atoms with E-state index in [-0.39, 0.29) is 12.3 Å². The number of nitrogens with zero attached hydrogens (tertiary/aromatic N) is 1. The fraction of sp³-hybridized carbons (Fsp3) is 0.571. The quantitative estimate of drug-likeness (QED) is 0.795. The molecule has 0 unspecified atom stereocenters. The van der Waals surface area contributed by atoms with Crippen LogP contribution in [0.15, 0.2) is 22.8 Å². The molecule has 0 saturated carbocycles. The number of nitrogens with one attached hydrogen (secondary N) is 1. The van der Waals surface area contributed by atoms with Gasteiger partial charge in [0.15, 0.2) is 5.76 Å². The molecule has 2 N–H and O–H groups in total. The van der Waals surface area contributed by atoms with Crippen molar-refractivity contribution in [3.05, 3.63) is 24.2 Å². The number of ether oxygens (including phenoxy) is 1. The second kappa shape index (κ2) is 6.84. The second-order valence-electron chi connectivity index (χ2n) is 5.36. The maximum Gasteiger partial charge on any atom is 0.293 e. The van der Waals surface area contributed by atoms with Crippen molar-refractivity contribution >= 4 is 11.8 Å². The lowest BCUT2D eigenvalue weighted by atomic mass is 9.94. The molecule has 7 heteroatoms. The van der Waals surface area contributed by atoms with Crippen molar-refractivity contribution in [3.8, 4) is 0 Å².